The first-order valence-electron chi connectivity index (χ1n) is 19.9. The standard InChI is InChI=1S/C42H54N8O6S/c1-8-49-34-14-13-27-19-29(34)30(38(49)28-11-9-15-43-37(28)25(2)55-7)21-42(4,5)24-56-41(54)31-12-10-16-50(46-31)40(53)32(20-36-44-33(27)23-57-36)45-39(52)35-22-48(26(3)51)18-17-47(35)6/h9,11,13-15,19,23,25,31-32,35,46H,8,10,12,16-18,20-22,24H2,1-7H3,(H,45,52)/t25-,31-,32-,35?/m0/s1. The van der Waals surface area contributed by atoms with Crippen LogP contribution in [0.3, 0.4) is 0 Å². The minimum absolute atomic E-state index is 0.0994. The van der Waals surface area contributed by atoms with Crippen molar-refractivity contribution < 1.29 is 28.7 Å². The minimum atomic E-state index is -0.976. The van der Waals surface area contributed by atoms with E-state index in [2.05, 4.69) is 60.3 Å². The Morgan fingerprint density at radius 2 is 1.98 bits per heavy atom. The number of nitrogens with zero attached hydrogens (tertiary/aromatic N) is 6. The number of cyclic esters (lactones) is 1. The number of aryl methyl sites for hydroxylation is 1. The number of likely N-dealkylation sites (N-methyl/N-ethyl adjacent to an activating group) is 1. The molecule has 0 radical (unpaired) electrons. The predicted molar refractivity (Wildman–Crippen MR) is 218 cm³/mol. The number of aromatic nitrogens is 3. The van der Waals surface area contributed by atoms with Crippen molar-refractivity contribution in [1.82, 2.24) is 40.1 Å². The second-order valence-corrected chi connectivity index (χ2v) is 17.2. The van der Waals surface area contributed by atoms with Gasteiger partial charge in [-0.2, -0.15) is 0 Å². The number of fused-ring (bicyclic) bond motifs is 6. The first kappa shape index (κ1) is 40.5. The van der Waals surface area contributed by atoms with Crippen LogP contribution in [0.15, 0.2) is 41.9 Å². The van der Waals surface area contributed by atoms with Crippen molar-refractivity contribution in [2.45, 2.75) is 91.1 Å². The van der Waals surface area contributed by atoms with Crippen LogP contribution in [0.2, 0.25) is 0 Å². The Kier molecular flexibility index (Phi) is 11.8. The van der Waals surface area contributed by atoms with Crippen molar-refractivity contribution in [1.29, 1.82) is 0 Å². The van der Waals surface area contributed by atoms with Gasteiger partial charge in [0.05, 0.1) is 34.8 Å². The zero-order valence-electron chi connectivity index (χ0n) is 34.0. The largest absolute Gasteiger partial charge is 0.464 e. The highest BCUT2D eigenvalue weighted by molar-refractivity contribution is 7.10. The smallest absolute Gasteiger partial charge is 0.324 e. The highest BCUT2D eigenvalue weighted by atomic mass is 32.1. The van der Waals surface area contributed by atoms with Gasteiger partial charge >= 0.3 is 5.97 Å². The van der Waals surface area contributed by atoms with E-state index >= 15 is 0 Å². The van der Waals surface area contributed by atoms with Gasteiger partial charge < -0.3 is 24.3 Å². The molecule has 15 heteroatoms. The maximum absolute atomic E-state index is 14.3. The van der Waals surface area contributed by atoms with E-state index < -0.39 is 29.5 Å². The van der Waals surface area contributed by atoms with Crippen molar-refractivity contribution in [2.24, 2.45) is 5.41 Å². The fourth-order valence-electron chi connectivity index (χ4n) is 8.27. The second-order valence-electron chi connectivity index (χ2n) is 16.2. The molecule has 14 nitrogen and oxygen atoms in total. The molecule has 6 bridgehead atoms. The fourth-order valence-corrected chi connectivity index (χ4v) is 9.13. The van der Waals surface area contributed by atoms with E-state index in [-0.39, 0.29) is 43.4 Å². The Morgan fingerprint density at radius 3 is 2.74 bits per heavy atom. The molecule has 7 rings (SSSR count). The average molecular weight is 799 g/mol. The summed E-state index contributed by atoms with van der Waals surface area (Å²) in [6, 6.07) is 8.12. The quantitative estimate of drug-likeness (QED) is 0.270. The summed E-state index contributed by atoms with van der Waals surface area (Å²) in [5.74, 6) is -1.24. The van der Waals surface area contributed by atoms with Crippen LogP contribution < -0.4 is 10.7 Å². The molecule has 2 fully saturated rings. The number of hydrogen-bond acceptors (Lipinski definition) is 11. The van der Waals surface area contributed by atoms with Crippen molar-refractivity contribution >= 4 is 45.9 Å². The number of piperazine rings is 1. The minimum Gasteiger partial charge on any atom is -0.464 e. The molecule has 304 valence electrons. The van der Waals surface area contributed by atoms with Gasteiger partial charge in [-0.3, -0.25) is 34.1 Å². The highest BCUT2D eigenvalue weighted by Gasteiger charge is 2.38. The summed E-state index contributed by atoms with van der Waals surface area (Å²) in [4.78, 5) is 67.6. The Morgan fingerprint density at radius 1 is 1.18 bits per heavy atom. The molecule has 6 heterocycles. The summed E-state index contributed by atoms with van der Waals surface area (Å²) in [7, 11) is 3.54. The molecule has 3 aliphatic heterocycles. The lowest BCUT2D eigenvalue weighted by Crippen LogP contribution is -2.63. The number of pyridine rings is 1. The number of nitrogens with one attached hydrogen (secondary N) is 2. The van der Waals surface area contributed by atoms with Gasteiger partial charge in [0.1, 0.15) is 18.1 Å². The Labute approximate surface area is 337 Å². The lowest BCUT2D eigenvalue weighted by Gasteiger charge is -2.39. The normalized spacial score (nSPS) is 22.5. The number of methoxy groups -OCH3 is 1. The molecule has 4 aromatic rings. The molecule has 3 aromatic heterocycles. The van der Waals surface area contributed by atoms with Gasteiger partial charge in [0, 0.05) is 92.2 Å². The van der Waals surface area contributed by atoms with Crippen LogP contribution in [-0.2, 0) is 48.0 Å². The number of carbonyl (C=O) groups excluding carboxylic acids is 4. The molecule has 0 saturated carbocycles. The zero-order valence-corrected chi connectivity index (χ0v) is 34.8. The van der Waals surface area contributed by atoms with Crippen molar-refractivity contribution in [3.8, 4) is 22.5 Å². The van der Waals surface area contributed by atoms with Crippen LogP contribution in [0.4, 0.5) is 0 Å². The maximum atomic E-state index is 14.3. The average Bonchev–Trinajstić information content (AvgIpc) is 3.80. The number of benzene rings is 1. The summed E-state index contributed by atoms with van der Waals surface area (Å²) in [6.07, 6.45) is 3.39. The molecule has 57 heavy (non-hydrogen) atoms. The van der Waals surface area contributed by atoms with E-state index in [9.17, 15) is 19.2 Å². The SMILES string of the molecule is CCn1c(-c2cccnc2[C@H](C)OC)c2c3cc(ccc31)-c1csc(n1)C[C@H](NC(=O)C1CN(C(C)=O)CCN1C)C(=O)N1CCC[C@H](N1)C(=O)OCC(C)(C)C2. The molecular weight excluding hydrogens is 745 g/mol. The van der Waals surface area contributed by atoms with E-state index in [1.54, 1.807) is 18.2 Å². The maximum Gasteiger partial charge on any atom is 0.324 e. The molecular formula is C42H54N8O6S. The number of rotatable bonds is 6. The number of thiazole rings is 1. The molecule has 2 saturated heterocycles. The molecule has 0 aliphatic carbocycles. The van der Waals surface area contributed by atoms with Gasteiger partial charge in [0.2, 0.25) is 11.8 Å². The molecule has 1 aromatic carbocycles. The number of amides is 3. The summed E-state index contributed by atoms with van der Waals surface area (Å²) < 4.78 is 14.2. The Bertz CT molecular complexity index is 2160. The third-order valence-electron chi connectivity index (χ3n) is 11.6. The second kappa shape index (κ2) is 16.6. The van der Waals surface area contributed by atoms with Gasteiger partial charge in [-0.25, -0.2) is 10.4 Å². The van der Waals surface area contributed by atoms with Gasteiger partial charge in [0.25, 0.3) is 5.91 Å². The third kappa shape index (κ3) is 8.34. The van der Waals surface area contributed by atoms with E-state index in [1.165, 1.54) is 23.3 Å². The molecule has 0 spiro atoms. The zero-order chi connectivity index (χ0) is 40.6. The Balaban J connectivity index is 1.32. The van der Waals surface area contributed by atoms with Crippen LogP contribution in [-0.4, -0.2) is 118 Å². The van der Waals surface area contributed by atoms with Crippen LogP contribution in [0.25, 0.3) is 33.4 Å². The monoisotopic (exact) mass is 798 g/mol. The van der Waals surface area contributed by atoms with Crippen molar-refractivity contribution in [3.63, 3.8) is 0 Å². The number of ether oxygens (including phenoxy) is 2. The van der Waals surface area contributed by atoms with Crippen LogP contribution in [0, 0.1) is 5.41 Å². The first-order chi connectivity index (χ1) is 27.3. The number of esters is 1. The van der Waals surface area contributed by atoms with Gasteiger partial charge in [0.15, 0.2) is 0 Å². The molecule has 3 amide bonds. The highest BCUT2D eigenvalue weighted by Crippen LogP contribution is 2.42. The van der Waals surface area contributed by atoms with Crippen molar-refractivity contribution in [2.75, 3.05) is 46.9 Å². The van der Waals surface area contributed by atoms with E-state index in [4.69, 9.17) is 19.4 Å². The van der Waals surface area contributed by atoms with Crippen molar-refractivity contribution in [3.05, 3.63) is 58.2 Å². The van der Waals surface area contributed by atoms with E-state index in [0.717, 1.165) is 44.7 Å². The third-order valence-corrected chi connectivity index (χ3v) is 12.4. The van der Waals surface area contributed by atoms with Crippen LogP contribution in [0.5, 0.6) is 0 Å². The molecule has 3 aliphatic rings. The van der Waals surface area contributed by atoms with Gasteiger partial charge in [-0.05, 0) is 70.0 Å². The molecule has 4 atom stereocenters. The lowest BCUT2D eigenvalue weighted by molar-refractivity contribution is -0.155. The lowest BCUT2D eigenvalue weighted by atomic mass is 9.84. The van der Waals surface area contributed by atoms with Gasteiger partial charge in [-0.1, -0.05) is 19.9 Å². The first-order valence-corrected chi connectivity index (χ1v) is 20.7. The fraction of sp³-hybridized carbons (Fsp3) is 0.524. The Hall–Kier alpha value is -4.70. The summed E-state index contributed by atoms with van der Waals surface area (Å²) >= 11 is 1.44. The van der Waals surface area contributed by atoms with E-state index in [0.29, 0.717) is 50.4 Å². The predicted octanol–water partition coefficient (Wildman–Crippen LogP) is 4.37. The number of hydrogen-bond donors (Lipinski definition) is 2. The summed E-state index contributed by atoms with van der Waals surface area (Å²) in [5, 5.41) is 8.22. The number of hydrazine groups is 1. The topological polar surface area (TPSA) is 151 Å². The van der Waals surface area contributed by atoms with Crippen LogP contribution >= 0.6 is 11.3 Å². The van der Waals surface area contributed by atoms with Crippen LogP contribution in [0.1, 0.15) is 69.8 Å². The van der Waals surface area contributed by atoms with Gasteiger partial charge in [-0.15, -0.1) is 11.3 Å². The van der Waals surface area contributed by atoms with E-state index in [1.807, 2.05) is 30.3 Å². The summed E-state index contributed by atoms with van der Waals surface area (Å²) in [6.45, 7) is 12.4. The number of carbonyl (C=O) groups is 4. The summed E-state index contributed by atoms with van der Waals surface area (Å²) in [5.41, 5.74) is 9.44. The molecule has 1 unspecified atom stereocenters. The molecule has 2 N–H and O–H groups in total.